The van der Waals surface area contributed by atoms with Gasteiger partial charge in [-0.15, -0.1) is 0 Å². The number of anilines is 1. The molecule has 1 unspecified atom stereocenters. The molecule has 9 heteroatoms. The van der Waals surface area contributed by atoms with E-state index < -0.39 is 22.1 Å². The summed E-state index contributed by atoms with van der Waals surface area (Å²) in [5.41, 5.74) is 1.48. The van der Waals surface area contributed by atoms with Crippen molar-refractivity contribution < 1.29 is 18.0 Å². The molecule has 2 aromatic rings. The molecular formula is C18H22N4O4S. The standard InChI is InChI=1S/C18H22N4O4S/c1-13(21-18(24)22-15-5-3-2-4-6-15)17(23)20-12-11-14-7-9-16(10-8-14)27(19,25)26/h2-10,13H,11-12H2,1H3,(H,20,23)(H2,19,25,26)(H2,21,22,24). The topological polar surface area (TPSA) is 130 Å². The van der Waals surface area contributed by atoms with Gasteiger partial charge >= 0.3 is 6.03 Å². The van der Waals surface area contributed by atoms with Gasteiger partial charge in [-0.1, -0.05) is 30.3 Å². The molecule has 0 aliphatic heterocycles. The van der Waals surface area contributed by atoms with Crippen molar-refractivity contribution in [1.82, 2.24) is 10.6 Å². The number of hydrogen-bond acceptors (Lipinski definition) is 4. The van der Waals surface area contributed by atoms with E-state index in [1.807, 2.05) is 6.07 Å². The zero-order chi connectivity index (χ0) is 19.9. The van der Waals surface area contributed by atoms with Crippen molar-refractivity contribution in [2.45, 2.75) is 24.3 Å². The fraction of sp³-hybridized carbons (Fsp3) is 0.222. The molecule has 2 aromatic carbocycles. The minimum atomic E-state index is -3.71. The highest BCUT2D eigenvalue weighted by Gasteiger charge is 2.15. The van der Waals surface area contributed by atoms with E-state index in [-0.39, 0.29) is 10.8 Å². The summed E-state index contributed by atoms with van der Waals surface area (Å²) in [5, 5.41) is 13.0. The van der Waals surface area contributed by atoms with Crippen LogP contribution in [0.2, 0.25) is 0 Å². The molecule has 5 N–H and O–H groups in total. The molecule has 0 heterocycles. The average Bonchev–Trinajstić information content (AvgIpc) is 2.62. The van der Waals surface area contributed by atoms with Crippen LogP contribution in [0.15, 0.2) is 59.5 Å². The van der Waals surface area contributed by atoms with Crippen LogP contribution in [0.4, 0.5) is 10.5 Å². The van der Waals surface area contributed by atoms with Crippen molar-refractivity contribution >= 4 is 27.6 Å². The van der Waals surface area contributed by atoms with E-state index in [2.05, 4.69) is 16.0 Å². The molecule has 144 valence electrons. The molecule has 2 rings (SSSR count). The number of primary sulfonamides is 1. The third kappa shape index (κ3) is 6.72. The Balaban J connectivity index is 1.75. The second-order valence-electron chi connectivity index (χ2n) is 5.92. The second kappa shape index (κ2) is 9.15. The quantitative estimate of drug-likeness (QED) is 0.566. The summed E-state index contributed by atoms with van der Waals surface area (Å²) >= 11 is 0. The molecule has 3 amide bonds. The maximum Gasteiger partial charge on any atom is 0.319 e. The van der Waals surface area contributed by atoms with Gasteiger partial charge in [0, 0.05) is 12.2 Å². The van der Waals surface area contributed by atoms with Crippen molar-refractivity contribution in [2.24, 2.45) is 5.14 Å². The van der Waals surface area contributed by atoms with Crippen LogP contribution in [0.5, 0.6) is 0 Å². The minimum Gasteiger partial charge on any atom is -0.354 e. The zero-order valence-corrected chi connectivity index (χ0v) is 15.6. The predicted molar refractivity (Wildman–Crippen MR) is 103 cm³/mol. The van der Waals surface area contributed by atoms with E-state index in [0.717, 1.165) is 5.56 Å². The van der Waals surface area contributed by atoms with Gasteiger partial charge in [-0.2, -0.15) is 0 Å². The monoisotopic (exact) mass is 390 g/mol. The van der Waals surface area contributed by atoms with Gasteiger partial charge in [-0.3, -0.25) is 4.79 Å². The molecule has 27 heavy (non-hydrogen) atoms. The number of benzene rings is 2. The van der Waals surface area contributed by atoms with Gasteiger partial charge in [-0.25, -0.2) is 18.4 Å². The number of para-hydroxylation sites is 1. The molecule has 0 fully saturated rings. The number of amides is 3. The Labute approximate surface area is 158 Å². The second-order valence-corrected chi connectivity index (χ2v) is 7.48. The summed E-state index contributed by atoms with van der Waals surface area (Å²) in [6, 6.07) is 13.8. The molecule has 0 spiro atoms. The van der Waals surface area contributed by atoms with Crippen molar-refractivity contribution in [3.05, 3.63) is 60.2 Å². The lowest BCUT2D eigenvalue weighted by Crippen LogP contribution is -2.46. The van der Waals surface area contributed by atoms with Crippen LogP contribution in [0, 0.1) is 0 Å². The lowest BCUT2D eigenvalue weighted by atomic mass is 10.1. The van der Waals surface area contributed by atoms with E-state index >= 15 is 0 Å². The lowest BCUT2D eigenvalue weighted by molar-refractivity contribution is -0.122. The SMILES string of the molecule is CC(NC(=O)Nc1ccccc1)C(=O)NCCc1ccc(S(N)(=O)=O)cc1. The summed E-state index contributed by atoms with van der Waals surface area (Å²) < 4.78 is 22.4. The Morgan fingerprint density at radius 1 is 1.04 bits per heavy atom. The maximum absolute atomic E-state index is 12.1. The highest BCUT2D eigenvalue weighted by atomic mass is 32.2. The fourth-order valence-corrected chi connectivity index (χ4v) is 2.80. The highest BCUT2D eigenvalue weighted by molar-refractivity contribution is 7.89. The number of hydrogen-bond donors (Lipinski definition) is 4. The van der Waals surface area contributed by atoms with Crippen LogP contribution in [0.3, 0.4) is 0 Å². The molecule has 0 aromatic heterocycles. The number of sulfonamides is 1. The number of urea groups is 1. The molecular weight excluding hydrogens is 368 g/mol. The molecule has 0 bridgehead atoms. The molecule has 0 saturated heterocycles. The van der Waals surface area contributed by atoms with Gasteiger partial charge in [0.25, 0.3) is 0 Å². The van der Waals surface area contributed by atoms with E-state index in [4.69, 9.17) is 5.14 Å². The Morgan fingerprint density at radius 2 is 1.67 bits per heavy atom. The zero-order valence-electron chi connectivity index (χ0n) is 14.8. The van der Waals surface area contributed by atoms with Crippen molar-refractivity contribution in [2.75, 3.05) is 11.9 Å². The Kier molecular flexibility index (Phi) is 6.91. The molecule has 8 nitrogen and oxygen atoms in total. The van der Waals surface area contributed by atoms with Gasteiger partial charge in [-0.05, 0) is 43.2 Å². The number of rotatable bonds is 7. The van der Waals surface area contributed by atoms with Crippen LogP contribution in [-0.2, 0) is 21.2 Å². The molecule has 1 atom stereocenters. The highest BCUT2D eigenvalue weighted by Crippen LogP contribution is 2.09. The summed E-state index contributed by atoms with van der Waals surface area (Å²) in [7, 11) is -3.71. The number of nitrogens with one attached hydrogen (secondary N) is 3. The summed E-state index contributed by atoms with van der Waals surface area (Å²) in [4.78, 5) is 24.0. The third-order valence-corrected chi connectivity index (χ3v) is 4.67. The summed E-state index contributed by atoms with van der Waals surface area (Å²) in [5.74, 6) is -0.320. The van der Waals surface area contributed by atoms with Gasteiger partial charge in [0.05, 0.1) is 4.90 Å². The Morgan fingerprint density at radius 3 is 2.26 bits per heavy atom. The van der Waals surface area contributed by atoms with Gasteiger partial charge < -0.3 is 16.0 Å². The molecule has 0 aliphatic rings. The van der Waals surface area contributed by atoms with Crippen LogP contribution in [-0.4, -0.2) is 32.9 Å². The number of carbonyl (C=O) groups excluding carboxylic acids is 2. The maximum atomic E-state index is 12.1. The van der Waals surface area contributed by atoms with Crippen molar-refractivity contribution in [3.63, 3.8) is 0 Å². The van der Waals surface area contributed by atoms with Gasteiger partial charge in [0.15, 0.2) is 0 Å². The van der Waals surface area contributed by atoms with Crippen molar-refractivity contribution in [3.8, 4) is 0 Å². The molecule has 0 aliphatic carbocycles. The molecule has 0 radical (unpaired) electrons. The van der Waals surface area contributed by atoms with E-state index in [1.165, 1.54) is 12.1 Å². The first-order valence-electron chi connectivity index (χ1n) is 8.28. The first kappa shape index (κ1) is 20.4. The van der Waals surface area contributed by atoms with Crippen LogP contribution in [0.1, 0.15) is 12.5 Å². The van der Waals surface area contributed by atoms with E-state index in [0.29, 0.717) is 18.7 Å². The predicted octanol–water partition coefficient (Wildman–Crippen LogP) is 1.20. The number of carbonyl (C=O) groups is 2. The lowest BCUT2D eigenvalue weighted by Gasteiger charge is -2.15. The van der Waals surface area contributed by atoms with Crippen LogP contribution >= 0.6 is 0 Å². The van der Waals surface area contributed by atoms with E-state index in [9.17, 15) is 18.0 Å². The summed E-state index contributed by atoms with van der Waals surface area (Å²) in [6.45, 7) is 1.93. The van der Waals surface area contributed by atoms with Crippen LogP contribution in [0.25, 0.3) is 0 Å². The van der Waals surface area contributed by atoms with Gasteiger partial charge in [0.2, 0.25) is 15.9 Å². The molecule has 0 saturated carbocycles. The normalized spacial score (nSPS) is 12.1. The average molecular weight is 390 g/mol. The summed E-state index contributed by atoms with van der Waals surface area (Å²) in [6.07, 6.45) is 0.513. The van der Waals surface area contributed by atoms with Crippen molar-refractivity contribution in [1.29, 1.82) is 0 Å². The Bertz CT molecular complexity index is 883. The minimum absolute atomic E-state index is 0.0394. The van der Waals surface area contributed by atoms with Gasteiger partial charge in [0.1, 0.15) is 6.04 Å². The smallest absolute Gasteiger partial charge is 0.319 e. The third-order valence-electron chi connectivity index (χ3n) is 3.74. The van der Waals surface area contributed by atoms with E-state index in [1.54, 1.807) is 43.3 Å². The fourth-order valence-electron chi connectivity index (χ4n) is 2.28. The number of nitrogens with two attached hydrogens (primary N) is 1. The van der Waals surface area contributed by atoms with Crippen LogP contribution < -0.4 is 21.1 Å². The largest absolute Gasteiger partial charge is 0.354 e. The Hall–Kier alpha value is -2.91. The first-order chi connectivity index (χ1) is 12.8. The first-order valence-corrected chi connectivity index (χ1v) is 9.82.